The van der Waals surface area contributed by atoms with Crippen LogP contribution in [0.3, 0.4) is 0 Å². The van der Waals surface area contributed by atoms with Gasteiger partial charge in [0.05, 0.1) is 11.5 Å². The van der Waals surface area contributed by atoms with Crippen LogP contribution in [0.4, 0.5) is 10.5 Å². The molecule has 23 heavy (non-hydrogen) atoms. The Morgan fingerprint density at radius 1 is 1.43 bits per heavy atom. The maximum absolute atomic E-state index is 12.1. The minimum Gasteiger partial charge on any atom is -0.445 e. The number of nitrogens with one attached hydrogen (secondary N) is 1. The molecule has 1 amide bonds. The molecule has 1 aromatic rings. The summed E-state index contributed by atoms with van der Waals surface area (Å²) >= 11 is 0. The van der Waals surface area contributed by atoms with Crippen molar-refractivity contribution in [3.8, 4) is 0 Å². The molecule has 8 heteroatoms. The average molecular weight is 323 g/mol. The first-order chi connectivity index (χ1) is 11.1. The molecule has 8 nitrogen and oxygen atoms in total. The van der Waals surface area contributed by atoms with E-state index in [9.17, 15) is 14.9 Å². The number of amides is 1. The van der Waals surface area contributed by atoms with Gasteiger partial charge in [0.2, 0.25) is 0 Å². The van der Waals surface area contributed by atoms with Crippen LogP contribution in [0, 0.1) is 16.0 Å². The summed E-state index contributed by atoms with van der Waals surface area (Å²) in [5.41, 5.74) is 0.672. The molecule has 0 saturated carbocycles. The van der Waals surface area contributed by atoms with Crippen LogP contribution < -0.4 is 5.32 Å². The van der Waals surface area contributed by atoms with Crippen LogP contribution >= 0.6 is 0 Å². The summed E-state index contributed by atoms with van der Waals surface area (Å²) in [6, 6.07) is 5.86. The number of nitro benzene ring substituents is 1. The lowest BCUT2D eigenvalue weighted by molar-refractivity contribution is -0.384. The van der Waals surface area contributed by atoms with Crippen molar-refractivity contribution in [1.29, 1.82) is 0 Å². The van der Waals surface area contributed by atoms with Crippen molar-refractivity contribution in [1.82, 2.24) is 10.2 Å². The zero-order chi connectivity index (χ0) is 16.7. The van der Waals surface area contributed by atoms with Gasteiger partial charge in [-0.15, -0.1) is 0 Å². The molecule has 0 aromatic heterocycles. The monoisotopic (exact) mass is 323 g/mol. The molecular weight excluding hydrogens is 302 g/mol. The van der Waals surface area contributed by atoms with E-state index in [0.29, 0.717) is 18.0 Å². The van der Waals surface area contributed by atoms with Crippen LogP contribution in [0.5, 0.6) is 0 Å². The first-order valence-electron chi connectivity index (χ1n) is 7.56. The molecule has 1 heterocycles. The third kappa shape index (κ3) is 5.19. The van der Waals surface area contributed by atoms with Gasteiger partial charge in [0, 0.05) is 25.2 Å². The highest BCUT2D eigenvalue weighted by atomic mass is 16.6. The van der Waals surface area contributed by atoms with Gasteiger partial charge in [-0.05, 0) is 43.1 Å². The van der Waals surface area contributed by atoms with E-state index in [-0.39, 0.29) is 25.4 Å². The summed E-state index contributed by atoms with van der Waals surface area (Å²) in [5, 5.41) is 22.9. The number of ether oxygens (including phenoxy) is 1. The second-order valence-electron chi connectivity index (χ2n) is 5.51. The fourth-order valence-electron chi connectivity index (χ4n) is 2.51. The quantitative estimate of drug-likeness (QED) is 0.576. The van der Waals surface area contributed by atoms with Crippen LogP contribution in [0.15, 0.2) is 24.3 Å². The Morgan fingerprint density at radius 3 is 2.74 bits per heavy atom. The molecule has 0 spiro atoms. The van der Waals surface area contributed by atoms with Crippen LogP contribution in [0.1, 0.15) is 12.0 Å². The number of rotatable bonds is 7. The van der Waals surface area contributed by atoms with Gasteiger partial charge in [-0.1, -0.05) is 0 Å². The number of aliphatic hydroxyl groups is 1. The number of nitrogens with zero attached hydrogens (tertiary/aromatic N) is 2. The van der Waals surface area contributed by atoms with Crippen molar-refractivity contribution in [2.45, 2.75) is 13.0 Å². The fourth-order valence-corrected chi connectivity index (χ4v) is 2.51. The Morgan fingerprint density at radius 2 is 2.17 bits per heavy atom. The molecule has 2 N–H and O–H groups in total. The Kier molecular flexibility index (Phi) is 6.30. The molecule has 0 bridgehead atoms. The van der Waals surface area contributed by atoms with Crippen molar-refractivity contribution in [3.63, 3.8) is 0 Å². The van der Waals surface area contributed by atoms with Gasteiger partial charge in [0.1, 0.15) is 6.61 Å². The number of hydrogen-bond donors (Lipinski definition) is 2. The predicted molar refractivity (Wildman–Crippen MR) is 82.9 cm³/mol. The molecule has 1 fully saturated rings. The van der Waals surface area contributed by atoms with E-state index in [1.54, 1.807) is 12.1 Å². The SMILES string of the molecule is O=C(OCc1ccc([N+](=O)[O-])cc1)N(CCO)C[C@H]1CCNC1. The zero-order valence-corrected chi connectivity index (χ0v) is 12.8. The van der Waals surface area contributed by atoms with Gasteiger partial charge in [-0.3, -0.25) is 10.1 Å². The molecule has 1 aromatic carbocycles. The van der Waals surface area contributed by atoms with Crippen molar-refractivity contribution >= 4 is 11.8 Å². The normalized spacial score (nSPS) is 17.0. The van der Waals surface area contributed by atoms with Crippen LogP contribution in [-0.2, 0) is 11.3 Å². The summed E-state index contributed by atoms with van der Waals surface area (Å²) in [4.78, 5) is 23.7. The summed E-state index contributed by atoms with van der Waals surface area (Å²) in [5.74, 6) is 0.369. The Balaban J connectivity index is 1.86. The summed E-state index contributed by atoms with van der Waals surface area (Å²) in [7, 11) is 0. The number of hydrogen-bond acceptors (Lipinski definition) is 6. The molecule has 126 valence electrons. The van der Waals surface area contributed by atoms with Gasteiger partial charge in [0.25, 0.3) is 5.69 Å². The van der Waals surface area contributed by atoms with Gasteiger partial charge < -0.3 is 20.1 Å². The third-order valence-electron chi connectivity index (χ3n) is 3.78. The largest absolute Gasteiger partial charge is 0.445 e. The van der Waals surface area contributed by atoms with E-state index in [1.807, 2.05) is 0 Å². The van der Waals surface area contributed by atoms with Gasteiger partial charge in [-0.25, -0.2) is 4.79 Å². The van der Waals surface area contributed by atoms with E-state index >= 15 is 0 Å². The first kappa shape index (κ1) is 17.2. The zero-order valence-electron chi connectivity index (χ0n) is 12.8. The first-order valence-corrected chi connectivity index (χ1v) is 7.56. The fraction of sp³-hybridized carbons (Fsp3) is 0.533. The smallest absolute Gasteiger partial charge is 0.410 e. The lowest BCUT2D eigenvalue weighted by Gasteiger charge is -2.24. The van der Waals surface area contributed by atoms with Crippen molar-refractivity contribution in [2.24, 2.45) is 5.92 Å². The third-order valence-corrected chi connectivity index (χ3v) is 3.78. The predicted octanol–water partition coefficient (Wildman–Crippen LogP) is 1.14. The second kappa shape index (κ2) is 8.44. The minimum absolute atomic E-state index is 0.00397. The Hall–Kier alpha value is -2.19. The molecule has 1 aliphatic rings. The summed E-state index contributed by atoms with van der Waals surface area (Å²) in [6.07, 6.45) is 0.515. The highest BCUT2D eigenvalue weighted by molar-refractivity contribution is 5.67. The molecule has 1 aliphatic heterocycles. The van der Waals surface area contributed by atoms with Gasteiger partial charge in [0.15, 0.2) is 0 Å². The molecule has 0 unspecified atom stereocenters. The Bertz CT molecular complexity index is 528. The van der Waals surface area contributed by atoms with Crippen LogP contribution in [0.25, 0.3) is 0 Å². The molecule has 1 saturated heterocycles. The van der Waals surface area contributed by atoms with E-state index in [0.717, 1.165) is 19.5 Å². The lowest BCUT2D eigenvalue weighted by atomic mass is 10.1. The number of carbonyl (C=O) groups excluding carboxylic acids is 1. The molecule has 1 atom stereocenters. The molecule has 0 aliphatic carbocycles. The summed E-state index contributed by atoms with van der Waals surface area (Å²) in [6.45, 7) is 2.50. The minimum atomic E-state index is -0.482. The maximum Gasteiger partial charge on any atom is 0.410 e. The van der Waals surface area contributed by atoms with Crippen LogP contribution in [0.2, 0.25) is 0 Å². The average Bonchev–Trinajstić information content (AvgIpc) is 3.05. The summed E-state index contributed by atoms with van der Waals surface area (Å²) < 4.78 is 5.24. The number of carbonyl (C=O) groups is 1. The van der Waals surface area contributed by atoms with Crippen molar-refractivity contribution < 1.29 is 19.6 Å². The highest BCUT2D eigenvalue weighted by Crippen LogP contribution is 2.14. The van der Waals surface area contributed by atoms with E-state index < -0.39 is 11.0 Å². The van der Waals surface area contributed by atoms with E-state index in [4.69, 9.17) is 9.84 Å². The molecule has 0 radical (unpaired) electrons. The van der Waals surface area contributed by atoms with Gasteiger partial charge in [-0.2, -0.15) is 0 Å². The van der Waals surface area contributed by atoms with Crippen molar-refractivity contribution in [3.05, 3.63) is 39.9 Å². The standard InChI is InChI=1S/C15H21N3O5/c19-8-7-17(10-13-5-6-16-9-13)15(20)23-11-12-1-3-14(4-2-12)18(21)22/h1-4,13,16,19H,5-11H2/t13-/m0/s1. The molecular formula is C15H21N3O5. The number of nitro groups is 1. The van der Waals surface area contributed by atoms with E-state index in [2.05, 4.69) is 5.32 Å². The second-order valence-corrected chi connectivity index (χ2v) is 5.51. The maximum atomic E-state index is 12.1. The lowest BCUT2D eigenvalue weighted by Crippen LogP contribution is -2.38. The number of benzene rings is 1. The van der Waals surface area contributed by atoms with Crippen molar-refractivity contribution in [2.75, 3.05) is 32.8 Å². The van der Waals surface area contributed by atoms with Crippen LogP contribution in [-0.4, -0.2) is 53.8 Å². The molecule has 2 rings (SSSR count). The topological polar surface area (TPSA) is 105 Å². The van der Waals surface area contributed by atoms with Gasteiger partial charge >= 0.3 is 6.09 Å². The highest BCUT2D eigenvalue weighted by Gasteiger charge is 2.22. The van der Waals surface area contributed by atoms with E-state index in [1.165, 1.54) is 17.0 Å². The number of aliphatic hydroxyl groups excluding tert-OH is 1. The number of non-ortho nitro benzene ring substituents is 1. The Labute approximate surface area is 134 Å².